The van der Waals surface area contributed by atoms with Crippen LogP contribution in [0.4, 0.5) is 0 Å². The molecule has 0 atom stereocenters. The summed E-state index contributed by atoms with van der Waals surface area (Å²) >= 11 is 0. The van der Waals surface area contributed by atoms with Crippen LogP contribution in [0, 0.1) is 25.2 Å². The van der Waals surface area contributed by atoms with E-state index in [9.17, 15) is 0 Å². The van der Waals surface area contributed by atoms with Gasteiger partial charge in [0.05, 0.1) is 11.6 Å². The first-order valence-corrected chi connectivity index (χ1v) is 4.21. The van der Waals surface area contributed by atoms with E-state index in [1.165, 1.54) is 5.39 Å². The highest BCUT2D eigenvalue weighted by Gasteiger charge is 2.06. The van der Waals surface area contributed by atoms with Crippen molar-refractivity contribution in [3.63, 3.8) is 0 Å². The van der Waals surface area contributed by atoms with Crippen LogP contribution in [0.5, 0.6) is 0 Å². The minimum absolute atomic E-state index is 0.787. The first-order chi connectivity index (χ1) is 6.24. The normalized spacial score (nSPS) is 10.2. The van der Waals surface area contributed by atoms with Gasteiger partial charge in [0, 0.05) is 11.7 Å². The smallest absolute Gasteiger partial charge is 0.0998 e. The van der Waals surface area contributed by atoms with E-state index in [0.717, 1.165) is 22.2 Å². The molecule has 2 rings (SSSR count). The Balaban J connectivity index is 2.95. The summed E-state index contributed by atoms with van der Waals surface area (Å²) in [5, 5.41) is 10.1. The van der Waals surface area contributed by atoms with Crippen LogP contribution >= 0.6 is 0 Å². The molecule has 0 fully saturated rings. The molecule has 64 valence electrons. The van der Waals surface area contributed by atoms with E-state index in [1.807, 2.05) is 32.2 Å². The van der Waals surface area contributed by atoms with E-state index in [4.69, 9.17) is 5.26 Å². The molecule has 0 saturated heterocycles. The van der Waals surface area contributed by atoms with Crippen LogP contribution < -0.4 is 0 Å². The Morgan fingerprint density at radius 2 is 2.15 bits per heavy atom. The van der Waals surface area contributed by atoms with E-state index in [1.54, 1.807) is 0 Å². The SMILES string of the molecule is Cc1cc2cc[nH]c2c(C)c1C#N. The Kier molecular flexibility index (Phi) is 1.60. The zero-order valence-corrected chi connectivity index (χ0v) is 7.68. The Bertz CT molecular complexity index is 501. The first-order valence-electron chi connectivity index (χ1n) is 4.21. The van der Waals surface area contributed by atoms with E-state index in [2.05, 4.69) is 11.1 Å². The van der Waals surface area contributed by atoms with Crippen molar-refractivity contribution < 1.29 is 0 Å². The molecule has 2 heteroatoms. The Labute approximate surface area is 76.8 Å². The second-order valence-electron chi connectivity index (χ2n) is 3.25. The summed E-state index contributed by atoms with van der Waals surface area (Å²) < 4.78 is 0. The molecule has 2 aromatic rings. The van der Waals surface area contributed by atoms with E-state index in [-0.39, 0.29) is 0 Å². The van der Waals surface area contributed by atoms with Crippen LogP contribution in [0.15, 0.2) is 18.3 Å². The number of benzene rings is 1. The summed E-state index contributed by atoms with van der Waals surface area (Å²) in [6, 6.07) is 6.29. The van der Waals surface area contributed by atoms with Gasteiger partial charge in [-0.3, -0.25) is 0 Å². The molecule has 1 N–H and O–H groups in total. The summed E-state index contributed by atoms with van der Waals surface area (Å²) in [4.78, 5) is 3.14. The fourth-order valence-corrected chi connectivity index (χ4v) is 1.72. The molecule has 1 heterocycles. The Hall–Kier alpha value is -1.75. The molecule has 0 amide bonds. The number of fused-ring (bicyclic) bond motifs is 1. The lowest BCUT2D eigenvalue weighted by Gasteiger charge is -2.03. The standard InChI is InChI=1S/C11H10N2/c1-7-5-9-3-4-13-11(9)8(2)10(7)6-12/h3-5,13H,1-2H3. The predicted molar refractivity (Wildman–Crippen MR) is 52.5 cm³/mol. The number of aryl methyl sites for hydroxylation is 2. The predicted octanol–water partition coefficient (Wildman–Crippen LogP) is 2.66. The fourth-order valence-electron chi connectivity index (χ4n) is 1.72. The maximum absolute atomic E-state index is 8.93. The lowest BCUT2D eigenvalue weighted by Crippen LogP contribution is -1.88. The number of aromatic amines is 1. The molecule has 0 aliphatic carbocycles. The lowest BCUT2D eigenvalue weighted by atomic mass is 10.0. The third-order valence-electron chi connectivity index (χ3n) is 2.41. The maximum Gasteiger partial charge on any atom is 0.0998 e. The van der Waals surface area contributed by atoms with Crippen molar-refractivity contribution in [1.29, 1.82) is 5.26 Å². The molecule has 0 aliphatic rings. The van der Waals surface area contributed by atoms with Crippen LogP contribution in [0.25, 0.3) is 10.9 Å². The molecular formula is C11H10N2. The number of nitrogens with zero attached hydrogens (tertiary/aromatic N) is 1. The van der Waals surface area contributed by atoms with Gasteiger partial charge < -0.3 is 4.98 Å². The summed E-state index contributed by atoms with van der Waals surface area (Å²) in [6.07, 6.45) is 1.90. The highest BCUT2D eigenvalue weighted by Crippen LogP contribution is 2.23. The third kappa shape index (κ3) is 1.01. The molecule has 1 aromatic heterocycles. The third-order valence-corrected chi connectivity index (χ3v) is 2.41. The Morgan fingerprint density at radius 1 is 1.38 bits per heavy atom. The molecule has 1 aromatic carbocycles. The monoisotopic (exact) mass is 170 g/mol. The van der Waals surface area contributed by atoms with Crippen LogP contribution in [0.1, 0.15) is 16.7 Å². The topological polar surface area (TPSA) is 39.6 Å². The molecule has 13 heavy (non-hydrogen) atoms. The van der Waals surface area contributed by atoms with Crippen LogP contribution in [0.2, 0.25) is 0 Å². The van der Waals surface area contributed by atoms with Gasteiger partial charge in [0.15, 0.2) is 0 Å². The average molecular weight is 170 g/mol. The quantitative estimate of drug-likeness (QED) is 0.648. The van der Waals surface area contributed by atoms with Gasteiger partial charge in [-0.25, -0.2) is 0 Å². The summed E-state index contributed by atoms with van der Waals surface area (Å²) in [5.41, 5.74) is 3.95. The zero-order valence-electron chi connectivity index (χ0n) is 7.68. The van der Waals surface area contributed by atoms with Gasteiger partial charge in [-0.1, -0.05) is 0 Å². The molecular weight excluding hydrogens is 160 g/mol. The highest BCUT2D eigenvalue weighted by molar-refractivity contribution is 5.85. The summed E-state index contributed by atoms with van der Waals surface area (Å²) in [5.74, 6) is 0. The molecule has 0 spiro atoms. The summed E-state index contributed by atoms with van der Waals surface area (Å²) in [6.45, 7) is 3.95. The molecule has 2 nitrogen and oxygen atoms in total. The van der Waals surface area contributed by atoms with Gasteiger partial charge in [0.2, 0.25) is 0 Å². The van der Waals surface area contributed by atoms with Crippen molar-refractivity contribution in [1.82, 2.24) is 4.98 Å². The minimum atomic E-state index is 0.787. The zero-order chi connectivity index (χ0) is 9.42. The second-order valence-corrected chi connectivity index (χ2v) is 3.25. The number of rotatable bonds is 0. The number of hydrogen-bond donors (Lipinski definition) is 1. The molecule has 0 unspecified atom stereocenters. The van der Waals surface area contributed by atoms with E-state index < -0.39 is 0 Å². The number of nitriles is 1. The number of nitrogens with one attached hydrogen (secondary N) is 1. The minimum Gasteiger partial charge on any atom is -0.361 e. The maximum atomic E-state index is 8.93. The van der Waals surface area contributed by atoms with Gasteiger partial charge in [0.25, 0.3) is 0 Å². The Morgan fingerprint density at radius 3 is 2.85 bits per heavy atom. The number of aromatic nitrogens is 1. The average Bonchev–Trinajstić information content (AvgIpc) is 2.53. The highest BCUT2D eigenvalue weighted by atomic mass is 14.7. The lowest BCUT2D eigenvalue weighted by molar-refractivity contribution is 1.33. The first kappa shape index (κ1) is 7.88. The molecule has 0 aliphatic heterocycles. The molecule has 0 radical (unpaired) electrons. The molecule has 0 bridgehead atoms. The van der Waals surface area contributed by atoms with Crippen LogP contribution in [-0.4, -0.2) is 4.98 Å². The van der Waals surface area contributed by atoms with Gasteiger partial charge in [-0.05, 0) is 42.5 Å². The van der Waals surface area contributed by atoms with Crippen molar-refractivity contribution in [2.75, 3.05) is 0 Å². The van der Waals surface area contributed by atoms with Crippen molar-refractivity contribution in [3.8, 4) is 6.07 Å². The van der Waals surface area contributed by atoms with E-state index in [0.29, 0.717) is 0 Å². The number of hydrogen-bond acceptors (Lipinski definition) is 1. The second kappa shape index (κ2) is 2.63. The van der Waals surface area contributed by atoms with Gasteiger partial charge in [0.1, 0.15) is 0 Å². The van der Waals surface area contributed by atoms with E-state index >= 15 is 0 Å². The van der Waals surface area contributed by atoms with Gasteiger partial charge >= 0.3 is 0 Å². The van der Waals surface area contributed by atoms with Gasteiger partial charge in [-0.15, -0.1) is 0 Å². The van der Waals surface area contributed by atoms with Crippen LogP contribution in [0.3, 0.4) is 0 Å². The van der Waals surface area contributed by atoms with Crippen LogP contribution in [-0.2, 0) is 0 Å². The van der Waals surface area contributed by atoms with Crippen molar-refractivity contribution in [2.45, 2.75) is 13.8 Å². The molecule has 0 saturated carbocycles. The van der Waals surface area contributed by atoms with Crippen molar-refractivity contribution in [3.05, 3.63) is 35.0 Å². The number of H-pyrrole nitrogens is 1. The summed E-state index contributed by atoms with van der Waals surface area (Å²) in [7, 11) is 0. The fraction of sp³-hybridized carbons (Fsp3) is 0.182. The van der Waals surface area contributed by atoms with Crippen molar-refractivity contribution >= 4 is 10.9 Å². The van der Waals surface area contributed by atoms with Crippen molar-refractivity contribution in [2.24, 2.45) is 0 Å². The largest absolute Gasteiger partial charge is 0.361 e. The van der Waals surface area contributed by atoms with Gasteiger partial charge in [-0.2, -0.15) is 5.26 Å².